The highest BCUT2D eigenvalue weighted by molar-refractivity contribution is 6.02. The van der Waals surface area contributed by atoms with E-state index in [-0.39, 0.29) is 36.9 Å². The average Bonchev–Trinajstić information content (AvgIpc) is 3.51. The summed E-state index contributed by atoms with van der Waals surface area (Å²) in [6.07, 6.45) is -0.456. The van der Waals surface area contributed by atoms with E-state index < -0.39 is 30.1 Å². The minimum absolute atomic E-state index is 0.00106. The summed E-state index contributed by atoms with van der Waals surface area (Å²) >= 11 is 0. The van der Waals surface area contributed by atoms with Crippen LogP contribution in [-0.4, -0.2) is 68.2 Å². The summed E-state index contributed by atoms with van der Waals surface area (Å²) in [7, 11) is 1.51. The van der Waals surface area contributed by atoms with E-state index in [0.717, 1.165) is 27.2 Å². The quantitative estimate of drug-likeness (QED) is 0.515. The number of β-amino-alcohol motifs (C(OH)–C–C–N with tert-alkyl or cyclic N) is 1. The number of nitrogens with zero attached hydrogens (tertiary/aromatic N) is 3. The number of anilines is 1. The molecule has 10 nitrogen and oxygen atoms in total. The Morgan fingerprint density at radius 3 is 2.34 bits per heavy atom. The predicted molar refractivity (Wildman–Crippen MR) is 125 cm³/mol. The lowest BCUT2D eigenvalue weighted by Crippen LogP contribution is -2.41. The van der Waals surface area contributed by atoms with Crippen LogP contribution < -0.4 is 5.32 Å². The number of hydrogen-bond acceptors (Lipinski definition) is 6. The molecule has 1 aromatic heterocycles. The fourth-order valence-corrected chi connectivity index (χ4v) is 4.94. The van der Waals surface area contributed by atoms with Gasteiger partial charge in [0.15, 0.2) is 0 Å². The second-order valence-electron chi connectivity index (χ2n) is 8.68. The van der Waals surface area contributed by atoms with Crippen LogP contribution in [0, 0.1) is 0 Å². The summed E-state index contributed by atoms with van der Waals surface area (Å²) in [5.41, 5.74) is 4.47. The lowest BCUT2D eigenvalue weighted by molar-refractivity contribution is -0.141. The van der Waals surface area contributed by atoms with Crippen molar-refractivity contribution in [3.63, 3.8) is 0 Å². The normalized spacial score (nSPS) is 18.7. The zero-order valence-corrected chi connectivity index (χ0v) is 18.9. The molecule has 0 saturated carbocycles. The number of amides is 2. The van der Waals surface area contributed by atoms with Crippen LogP contribution in [0.5, 0.6) is 0 Å². The maximum Gasteiger partial charge on any atom is 0.411 e. The molecule has 2 amide bonds. The van der Waals surface area contributed by atoms with Gasteiger partial charge in [0.25, 0.3) is 5.91 Å². The van der Waals surface area contributed by atoms with Crippen molar-refractivity contribution >= 4 is 23.7 Å². The molecule has 1 fully saturated rings. The van der Waals surface area contributed by atoms with Gasteiger partial charge >= 0.3 is 12.1 Å². The summed E-state index contributed by atoms with van der Waals surface area (Å²) in [5, 5.41) is 25.9. The van der Waals surface area contributed by atoms with E-state index in [1.54, 1.807) is 0 Å². The number of aromatic nitrogens is 2. The summed E-state index contributed by atoms with van der Waals surface area (Å²) in [6.45, 7) is -0.0197. The van der Waals surface area contributed by atoms with Crippen LogP contribution in [0.1, 0.15) is 34.0 Å². The van der Waals surface area contributed by atoms with Crippen molar-refractivity contribution in [3.05, 3.63) is 71.5 Å². The van der Waals surface area contributed by atoms with Crippen LogP contribution in [0.4, 0.5) is 10.5 Å². The molecule has 180 valence electrons. The largest absolute Gasteiger partial charge is 0.480 e. The number of hydrogen-bond donors (Lipinski definition) is 3. The van der Waals surface area contributed by atoms with Crippen LogP contribution >= 0.6 is 0 Å². The van der Waals surface area contributed by atoms with Gasteiger partial charge in [0.2, 0.25) is 0 Å². The molecule has 0 unspecified atom stereocenters. The molecular weight excluding hydrogens is 452 g/mol. The van der Waals surface area contributed by atoms with Crippen molar-refractivity contribution in [1.82, 2.24) is 14.7 Å². The Bertz CT molecular complexity index is 1270. The van der Waals surface area contributed by atoms with Crippen LogP contribution in [0.2, 0.25) is 0 Å². The Morgan fingerprint density at radius 2 is 1.71 bits per heavy atom. The van der Waals surface area contributed by atoms with Crippen molar-refractivity contribution in [2.75, 3.05) is 18.5 Å². The number of aryl methyl sites for hydroxylation is 1. The highest BCUT2D eigenvalue weighted by atomic mass is 16.5. The van der Waals surface area contributed by atoms with Crippen molar-refractivity contribution < 1.29 is 29.3 Å². The first-order valence-electron chi connectivity index (χ1n) is 11.2. The second-order valence-corrected chi connectivity index (χ2v) is 8.68. The van der Waals surface area contributed by atoms with Gasteiger partial charge in [-0.15, -0.1) is 0 Å². The Kier molecular flexibility index (Phi) is 5.73. The molecule has 2 atom stereocenters. The van der Waals surface area contributed by atoms with E-state index in [1.807, 2.05) is 48.5 Å². The highest BCUT2D eigenvalue weighted by Crippen LogP contribution is 2.44. The third-order valence-corrected chi connectivity index (χ3v) is 6.55. The number of carbonyl (C=O) groups excluding carboxylic acids is 2. The number of ether oxygens (including phenoxy) is 1. The molecule has 2 heterocycles. The monoisotopic (exact) mass is 476 g/mol. The van der Waals surface area contributed by atoms with Gasteiger partial charge in [-0.1, -0.05) is 48.5 Å². The lowest BCUT2D eigenvalue weighted by atomic mass is 9.98. The lowest BCUT2D eigenvalue weighted by Gasteiger charge is -2.21. The first-order valence-corrected chi connectivity index (χ1v) is 11.2. The number of carboxylic acid groups (broad SMARTS) is 1. The average molecular weight is 476 g/mol. The highest BCUT2D eigenvalue weighted by Gasteiger charge is 2.41. The number of benzene rings is 2. The van der Waals surface area contributed by atoms with E-state index in [0.29, 0.717) is 0 Å². The van der Waals surface area contributed by atoms with E-state index in [1.165, 1.54) is 17.9 Å². The number of nitrogens with one attached hydrogen (secondary N) is 1. The van der Waals surface area contributed by atoms with Crippen molar-refractivity contribution in [2.45, 2.75) is 24.5 Å². The maximum absolute atomic E-state index is 13.1. The van der Waals surface area contributed by atoms with Gasteiger partial charge in [0, 0.05) is 25.9 Å². The standard InChI is InChI=1S/C25H24N4O6/c1-28-22(23(31)29-12-14(30)10-21(29)24(32)33)20(11-26-28)27-25(34)35-13-19-17-8-4-2-6-15(17)16-7-3-5-9-18(16)19/h2-9,11,14,19,21,30H,10,12-13H2,1H3,(H,27,34)(H,32,33)/t14-,21-/m1/s1. The minimum Gasteiger partial charge on any atom is -0.480 e. The van der Waals surface area contributed by atoms with Crippen molar-refractivity contribution in [2.24, 2.45) is 7.05 Å². The fraction of sp³-hybridized carbons (Fsp3) is 0.280. The first-order chi connectivity index (χ1) is 16.8. The maximum atomic E-state index is 13.1. The molecular formula is C25H24N4O6. The third kappa shape index (κ3) is 4.01. The molecule has 5 rings (SSSR count). The molecule has 3 N–H and O–H groups in total. The molecule has 1 saturated heterocycles. The molecule has 0 bridgehead atoms. The molecule has 0 radical (unpaired) electrons. The van der Waals surface area contributed by atoms with Crippen molar-refractivity contribution in [1.29, 1.82) is 0 Å². The molecule has 10 heteroatoms. The van der Waals surface area contributed by atoms with Gasteiger partial charge in [-0.3, -0.25) is 14.8 Å². The number of aliphatic carboxylic acids is 1. The zero-order chi connectivity index (χ0) is 24.7. The molecule has 0 spiro atoms. The number of fused-ring (bicyclic) bond motifs is 3. The number of aliphatic hydroxyl groups is 1. The topological polar surface area (TPSA) is 134 Å². The van der Waals surface area contributed by atoms with Gasteiger partial charge in [-0.05, 0) is 22.3 Å². The number of carbonyl (C=O) groups is 3. The van der Waals surface area contributed by atoms with Crippen LogP contribution in [0.25, 0.3) is 11.1 Å². The van der Waals surface area contributed by atoms with Crippen LogP contribution in [-0.2, 0) is 16.6 Å². The second kappa shape index (κ2) is 8.88. The van der Waals surface area contributed by atoms with E-state index in [9.17, 15) is 24.6 Å². The molecule has 3 aromatic rings. The van der Waals surface area contributed by atoms with E-state index in [4.69, 9.17) is 4.74 Å². The Hall–Kier alpha value is -4.18. The van der Waals surface area contributed by atoms with E-state index >= 15 is 0 Å². The SMILES string of the molecule is Cn1ncc(NC(=O)OCC2c3ccccc3-c3ccccc32)c1C(=O)N1C[C@H](O)C[C@@H]1C(=O)O. The van der Waals surface area contributed by atoms with Gasteiger partial charge in [0.1, 0.15) is 18.3 Å². The zero-order valence-electron chi connectivity index (χ0n) is 18.9. The third-order valence-electron chi connectivity index (χ3n) is 6.55. The summed E-state index contributed by atoms with van der Waals surface area (Å²) in [6, 6.07) is 14.8. The summed E-state index contributed by atoms with van der Waals surface area (Å²) in [5.74, 6) is -1.98. The Labute approximate surface area is 200 Å². The smallest absolute Gasteiger partial charge is 0.411 e. The van der Waals surface area contributed by atoms with Gasteiger partial charge in [-0.2, -0.15) is 5.10 Å². The molecule has 35 heavy (non-hydrogen) atoms. The number of carboxylic acids is 1. The first kappa shape index (κ1) is 22.6. The summed E-state index contributed by atoms with van der Waals surface area (Å²) in [4.78, 5) is 38.5. The molecule has 1 aliphatic heterocycles. The molecule has 2 aromatic carbocycles. The van der Waals surface area contributed by atoms with Gasteiger partial charge in [0.05, 0.1) is 18.0 Å². The van der Waals surface area contributed by atoms with Crippen LogP contribution in [0.3, 0.4) is 0 Å². The number of rotatable bonds is 5. The fourth-order valence-electron chi connectivity index (χ4n) is 4.94. The molecule has 2 aliphatic rings. The number of likely N-dealkylation sites (tertiary alicyclic amines) is 1. The Morgan fingerprint density at radius 1 is 1.09 bits per heavy atom. The molecule has 1 aliphatic carbocycles. The minimum atomic E-state index is -1.21. The van der Waals surface area contributed by atoms with Crippen LogP contribution in [0.15, 0.2) is 54.7 Å². The van der Waals surface area contributed by atoms with E-state index in [2.05, 4.69) is 10.4 Å². The Balaban J connectivity index is 1.31. The predicted octanol–water partition coefficient (Wildman–Crippen LogP) is 2.44. The van der Waals surface area contributed by atoms with Crippen molar-refractivity contribution in [3.8, 4) is 11.1 Å². The van der Waals surface area contributed by atoms with Gasteiger partial charge < -0.3 is 19.8 Å². The van der Waals surface area contributed by atoms with Gasteiger partial charge in [-0.25, -0.2) is 9.59 Å². The number of aliphatic hydroxyl groups excluding tert-OH is 1. The summed E-state index contributed by atoms with van der Waals surface area (Å²) < 4.78 is 6.80.